The van der Waals surface area contributed by atoms with Crippen molar-refractivity contribution in [3.8, 4) is 0 Å². The van der Waals surface area contributed by atoms with Crippen LogP contribution in [0.25, 0.3) is 0 Å². The molecular weight excluding hydrogens is 296 g/mol. The van der Waals surface area contributed by atoms with E-state index in [1.165, 1.54) is 6.07 Å². The Morgan fingerprint density at radius 3 is 2.94 bits per heavy atom. The van der Waals surface area contributed by atoms with Gasteiger partial charge in [0.1, 0.15) is 10.8 Å². The number of hydrogen-bond donors (Lipinski definition) is 0. The van der Waals surface area contributed by atoms with Gasteiger partial charge in [-0.2, -0.15) is 0 Å². The molecule has 0 N–H and O–H groups in total. The Bertz CT molecular complexity index is 426. The van der Waals surface area contributed by atoms with Gasteiger partial charge in [0, 0.05) is 18.3 Å². The van der Waals surface area contributed by atoms with E-state index in [0.717, 1.165) is 5.33 Å². The molecule has 1 aromatic carbocycles. The summed E-state index contributed by atoms with van der Waals surface area (Å²) in [5, 5.41) is 0.786. The van der Waals surface area contributed by atoms with Gasteiger partial charge in [0.05, 0.1) is 5.69 Å². The summed E-state index contributed by atoms with van der Waals surface area (Å²) < 4.78 is 13.3. The molecule has 5 heteroatoms. The van der Waals surface area contributed by atoms with Crippen molar-refractivity contribution in [1.29, 1.82) is 0 Å². The van der Waals surface area contributed by atoms with Crippen molar-refractivity contribution in [3.05, 3.63) is 29.0 Å². The highest BCUT2D eigenvalue weighted by Gasteiger charge is 2.31. The maximum Gasteiger partial charge on any atom is 0.227 e. The van der Waals surface area contributed by atoms with Gasteiger partial charge in [-0.3, -0.25) is 4.79 Å². The number of amides is 1. The lowest BCUT2D eigenvalue weighted by molar-refractivity contribution is -0.117. The summed E-state index contributed by atoms with van der Waals surface area (Å²) in [5.74, 6) is -0.224. The third kappa shape index (κ3) is 2.09. The van der Waals surface area contributed by atoms with E-state index in [9.17, 15) is 9.18 Å². The molecule has 0 bridgehead atoms. The molecule has 1 atom stereocenters. The summed E-state index contributed by atoms with van der Waals surface area (Å²) in [6, 6.07) is 4.51. The number of benzene rings is 1. The van der Waals surface area contributed by atoms with Crippen LogP contribution in [-0.4, -0.2) is 17.8 Å². The second-order valence-electron chi connectivity index (χ2n) is 3.80. The molecule has 1 amide bonds. The third-order valence-electron chi connectivity index (χ3n) is 2.65. The van der Waals surface area contributed by atoms with E-state index in [1.807, 2.05) is 0 Å². The minimum absolute atomic E-state index is 0.00282. The lowest BCUT2D eigenvalue weighted by atomic mass is 10.2. The average molecular weight is 307 g/mol. The Hall–Kier alpha value is -0.610. The predicted molar refractivity (Wildman–Crippen MR) is 65.7 cm³/mol. The minimum Gasteiger partial charge on any atom is -0.311 e. The second kappa shape index (κ2) is 4.72. The van der Waals surface area contributed by atoms with Crippen molar-refractivity contribution in [2.45, 2.75) is 6.42 Å². The van der Waals surface area contributed by atoms with Gasteiger partial charge >= 0.3 is 0 Å². The molecular formula is C11H10BrClFNO. The maximum atomic E-state index is 13.3. The third-order valence-corrected chi connectivity index (χ3v) is 3.94. The molecule has 1 saturated heterocycles. The highest BCUT2D eigenvalue weighted by molar-refractivity contribution is 9.09. The Kier molecular flexibility index (Phi) is 3.50. The van der Waals surface area contributed by atoms with E-state index < -0.39 is 5.82 Å². The first-order valence-corrected chi connectivity index (χ1v) is 6.43. The molecule has 0 radical (unpaired) electrons. The molecule has 0 aliphatic carbocycles. The first-order chi connectivity index (χ1) is 7.63. The maximum absolute atomic E-state index is 13.3. The fraction of sp³-hybridized carbons (Fsp3) is 0.364. The number of anilines is 1. The van der Waals surface area contributed by atoms with Crippen LogP contribution < -0.4 is 4.90 Å². The summed E-state index contributed by atoms with van der Waals surface area (Å²) >= 11 is 9.20. The highest BCUT2D eigenvalue weighted by atomic mass is 79.9. The molecule has 1 aromatic rings. The van der Waals surface area contributed by atoms with Gasteiger partial charge in [0.25, 0.3) is 0 Å². The molecule has 0 spiro atoms. The summed E-state index contributed by atoms with van der Waals surface area (Å²) in [6.45, 7) is 0.591. The van der Waals surface area contributed by atoms with Crippen molar-refractivity contribution in [1.82, 2.24) is 0 Å². The predicted octanol–water partition coefficient (Wildman–Crippen LogP) is 3.23. The van der Waals surface area contributed by atoms with Gasteiger partial charge < -0.3 is 4.90 Å². The van der Waals surface area contributed by atoms with Gasteiger partial charge in [-0.25, -0.2) is 4.39 Å². The quantitative estimate of drug-likeness (QED) is 0.768. The van der Waals surface area contributed by atoms with Gasteiger partial charge in [0.2, 0.25) is 5.91 Å². The SMILES string of the molecule is O=C1CC(CBr)CN1c1cccc(F)c1Cl. The van der Waals surface area contributed by atoms with Crippen molar-refractivity contribution in [2.24, 2.45) is 5.92 Å². The summed E-state index contributed by atoms with van der Waals surface area (Å²) in [4.78, 5) is 13.3. The van der Waals surface area contributed by atoms with Crippen LogP contribution in [0.4, 0.5) is 10.1 Å². The Morgan fingerprint density at radius 1 is 1.56 bits per heavy atom. The molecule has 86 valence electrons. The molecule has 2 nitrogen and oxygen atoms in total. The van der Waals surface area contributed by atoms with Crippen molar-refractivity contribution in [2.75, 3.05) is 16.8 Å². The largest absolute Gasteiger partial charge is 0.311 e. The summed E-state index contributed by atoms with van der Waals surface area (Å²) in [6.07, 6.45) is 0.484. The van der Waals surface area contributed by atoms with Crippen LogP contribution in [0.2, 0.25) is 5.02 Å². The van der Waals surface area contributed by atoms with Crippen LogP contribution in [0.5, 0.6) is 0 Å². The highest BCUT2D eigenvalue weighted by Crippen LogP contribution is 2.33. The number of hydrogen-bond acceptors (Lipinski definition) is 1. The lowest BCUT2D eigenvalue weighted by Gasteiger charge is -2.18. The number of carbonyl (C=O) groups is 1. The van der Waals surface area contributed by atoms with Crippen LogP contribution in [0, 0.1) is 11.7 Å². The number of nitrogens with zero attached hydrogens (tertiary/aromatic N) is 1. The smallest absolute Gasteiger partial charge is 0.227 e. The first-order valence-electron chi connectivity index (χ1n) is 4.94. The van der Waals surface area contributed by atoms with E-state index in [1.54, 1.807) is 17.0 Å². The van der Waals surface area contributed by atoms with Crippen LogP contribution in [0.1, 0.15) is 6.42 Å². The van der Waals surface area contributed by atoms with Crippen LogP contribution in [0.15, 0.2) is 18.2 Å². The van der Waals surface area contributed by atoms with Crippen LogP contribution in [-0.2, 0) is 4.79 Å². The van der Waals surface area contributed by atoms with Gasteiger partial charge in [0.15, 0.2) is 0 Å². The zero-order valence-electron chi connectivity index (χ0n) is 8.42. The topological polar surface area (TPSA) is 20.3 Å². The Morgan fingerprint density at radius 2 is 2.31 bits per heavy atom. The standard InChI is InChI=1S/C11H10BrClFNO/c12-5-7-4-10(16)15(6-7)9-3-1-2-8(14)11(9)13/h1-3,7H,4-6H2. The number of rotatable bonds is 2. The van der Waals surface area contributed by atoms with E-state index in [2.05, 4.69) is 15.9 Å². The summed E-state index contributed by atoms with van der Waals surface area (Å²) in [7, 11) is 0. The fourth-order valence-corrected chi connectivity index (χ4v) is 2.48. The van der Waals surface area contributed by atoms with Crippen molar-refractivity contribution in [3.63, 3.8) is 0 Å². The molecule has 1 unspecified atom stereocenters. The average Bonchev–Trinajstić information content (AvgIpc) is 2.64. The number of halogens is 3. The normalized spacial score (nSPS) is 20.6. The second-order valence-corrected chi connectivity index (χ2v) is 4.83. The molecule has 1 fully saturated rings. The van der Waals surface area contributed by atoms with Gasteiger partial charge in [-0.1, -0.05) is 33.6 Å². The van der Waals surface area contributed by atoms with E-state index in [4.69, 9.17) is 11.6 Å². The lowest BCUT2D eigenvalue weighted by Crippen LogP contribution is -2.25. The number of alkyl halides is 1. The van der Waals surface area contributed by atoms with Gasteiger partial charge in [-0.05, 0) is 18.1 Å². The molecule has 1 heterocycles. The van der Waals surface area contributed by atoms with Gasteiger partial charge in [-0.15, -0.1) is 0 Å². The molecule has 16 heavy (non-hydrogen) atoms. The van der Waals surface area contributed by atoms with Crippen LogP contribution in [0.3, 0.4) is 0 Å². The molecule has 0 aromatic heterocycles. The molecule has 2 rings (SSSR count). The van der Waals surface area contributed by atoms with E-state index in [0.29, 0.717) is 18.7 Å². The molecule has 1 aliphatic rings. The number of carbonyl (C=O) groups excluding carboxylic acids is 1. The van der Waals surface area contributed by atoms with Crippen molar-refractivity contribution >= 4 is 39.1 Å². The van der Waals surface area contributed by atoms with E-state index in [-0.39, 0.29) is 16.8 Å². The molecule has 1 aliphatic heterocycles. The van der Waals surface area contributed by atoms with Crippen molar-refractivity contribution < 1.29 is 9.18 Å². The zero-order chi connectivity index (χ0) is 11.7. The summed E-state index contributed by atoms with van der Waals surface area (Å²) in [5.41, 5.74) is 0.468. The first kappa shape index (κ1) is 11.9. The fourth-order valence-electron chi connectivity index (χ4n) is 1.82. The Balaban J connectivity index is 2.31. The zero-order valence-corrected chi connectivity index (χ0v) is 10.8. The van der Waals surface area contributed by atoms with Crippen LogP contribution >= 0.6 is 27.5 Å². The molecule has 0 saturated carbocycles. The minimum atomic E-state index is -0.491. The Labute approximate surface area is 107 Å². The van der Waals surface area contributed by atoms with E-state index >= 15 is 0 Å². The monoisotopic (exact) mass is 305 g/mol.